The first kappa shape index (κ1) is 9.38. The molecular formula is C7H10F2N2S. The summed E-state index contributed by atoms with van der Waals surface area (Å²) in [5.41, 5.74) is 0. The molecule has 5 heteroatoms. The van der Waals surface area contributed by atoms with Crippen LogP contribution in [0.4, 0.5) is 13.9 Å². The van der Waals surface area contributed by atoms with Crippen molar-refractivity contribution in [2.45, 2.75) is 19.3 Å². The lowest BCUT2D eigenvalue weighted by molar-refractivity contribution is 0.0167. The number of anilines is 1. The third-order valence-electron chi connectivity index (χ3n) is 1.27. The molecule has 1 heterocycles. The smallest absolute Gasteiger partial charge is 0.247 e. The number of alkyl halides is 2. The molecule has 0 unspecified atom stereocenters. The molecule has 0 bridgehead atoms. The van der Waals surface area contributed by atoms with E-state index >= 15 is 0 Å². The van der Waals surface area contributed by atoms with Gasteiger partial charge in [-0.1, -0.05) is 0 Å². The second-order valence-corrected chi connectivity index (χ2v) is 3.48. The van der Waals surface area contributed by atoms with E-state index in [1.807, 2.05) is 0 Å². The van der Waals surface area contributed by atoms with E-state index in [2.05, 4.69) is 10.3 Å². The van der Waals surface area contributed by atoms with Crippen LogP contribution in [0.2, 0.25) is 0 Å². The maximum Gasteiger partial charge on any atom is 0.247 e. The molecule has 0 aromatic carbocycles. The van der Waals surface area contributed by atoms with Gasteiger partial charge in [0, 0.05) is 24.5 Å². The molecule has 1 aromatic heterocycles. The lowest BCUT2D eigenvalue weighted by Gasteiger charge is -2.09. The Kier molecular flexibility index (Phi) is 2.97. The predicted molar refractivity (Wildman–Crippen MR) is 45.8 cm³/mol. The average Bonchev–Trinajstić information content (AvgIpc) is 2.36. The molecule has 0 saturated carbocycles. The van der Waals surface area contributed by atoms with Crippen LogP contribution in [0.15, 0.2) is 11.6 Å². The van der Waals surface area contributed by atoms with Crippen LogP contribution in [0, 0.1) is 0 Å². The van der Waals surface area contributed by atoms with Gasteiger partial charge in [0.05, 0.1) is 0 Å². The highest BCUT2D eigenvalue weighted by atomic mass is 32.1. The highest BCUT2D eigenvalue weighted by Crippen LogP contribution is 2.17. The summed E-state index contributed by atoms with van der Waals surface area (Å²) in [5, 5.41) is 5.30. The minimum atomic E-state index is -2.59. The Hall–Kier alpha value is -0.710. The van der Waals surface area contributed by atoms with Gasteiger partial charge in [-0.05, 0) is 6.92 Å². The molecule has 0 fully saturated rings. The summed E-state index contributed by atoms with van der Waals surface area (Å²) in [5.74, 6) is -2.59. The predicted octanol–water partition coefficient (Wildman–Crippen LogP) is 2.60. The van der Waals surface area contributed by atoms with E-state index in [4.69, 9.17) is 0 Å². The van der Waals surface area contributed by atoms with Crippen LogP contribution in [-0.2, 0) is 0 Å². The molecule has 12 heavy (non-hydrogen) atoms. The first-order valence-corrected chi connectivity index (χ1v) is 4.47. The molecule has 1 N–H and O–H groups in total. The third kappa shape index (κ3) is 3.61. The Morgan fingerprint density at radius 1 is 1.67 bits per heavy atom. The number of nitrogens with one attached hydrogen (secondary N) is 1. The van der Waals surface area contributed by atoms with Gasteiger partial charge >= 0.3 is 0 Å². The van der Waals surface area contributed by atoms with Crippen molar-refractivity contribution in [2.75, 3.05) is 11.9 Å². The highest BCUT2D eigenvalue weighted by molar-refractivity contribution is 7.13. The van der Waals surface area contributed by atoms with Gasteiger partial charge in [0.15, 0.2) is 5.13 Å². The van der Waals surface area contributed by atoms with E-state index in [1.54, 1.807) is 11.6 Å². The van der Waals surface area contributed by atoms with Crippen LogP contribution >= 0.6 is 11.3 Å². The van der Waals surface area contributed by atoms with Crippen LogP contribution in [-0.4, -0.2) is 17.5 Å². The zero-order chi connectivity index (χ0) is 9.03. The summed E-state index contributed by atoms with van der Waals surface area (Å²) in [6, 6.07) is 0. The maximum absolute atomic E-state index is 12.3. The summed E-state index contributed by atoms with van der Waals surface area (Å²) in [4.78, 5) is 3.90. The minimum absolute atomic E-state index is 0.160. The van der Waals surface area contributed by atoms with Gasteiger partial charge < -0.3 is 5.32 Å². The Labute approximate surface area is 73.6 Å². The molecule has 0 saturated heterocycles. The zero-order valence-corrected chi connectivity index (χ0v) is 7.50. The Bertz CT molecular complexity index is 218. The van der Waals surface area contributed by atoms with Gasteiger partial charge in [-0.2, -0.15) is 0 Å². The fourth-order valence-electron chi connectivity index (χ4n) is 0.700. The second kappa shape index (κ2) is 3.80. The Morgan fingerprint density at radius 2 is 2.42 bits per heavy atom. The minimum Gasteiger partial charge on any atom is -0.361 e. The standard InChI is InChI=1S/C7H10F2N2S/c1-7(8,9)2-3-10-6-11-4-5-12-6/h4-5H,2-3H2,1H3,(H,10,11). The lowest BCUT2D eigenvalue weighted by atomic mass is 10.3. The van der Waals surface area contributed by atoms with Gasteiger partial charge in [-0.25, -0.2) is 13.8 Å². The van der Waals surface area contributed by atoms with Gasteiger partial charge in [0.2, 0.25) is 5.92 Å². The molecule has 0 atom stereocenters. The molecule has 0 aliphatic carbocycles. The molecule has 0 aliphatic heterocycles. The van der Waals surface area contributed by atoms with Crippen LogP contribution in [0.3, 0.4) is 0 Å². The van der Waals surface area contributed by atoms with Crippen LogP contribution in [0.5, 0.6) is 0 Å². The van der Waals surface area contributed by atoms with Crippen LogP contribution in [0.25, 0.3) is 0 Å². The number of halogens is 2. The molecule has 0 spiro atoms. The number of hydrogen-bond acceptors (Lipinski definition) is 3. The van der Waals surface area contributed by atoms with E-state index in [0.29, 0.717) is 5.13 Å². The van der Waals surface area contributed by atoms with E-state index in [1.165, 1.54) is 11.3 Å². The molecule has 1 rings (SSSR count). The lowest BCUT2D eigenvalue weighted by Crippen LogP contribution is -2.15. The molecule has 0 aliphatic rings. The zero-order valence-electron chi connectivity index (χ0n) is 6.68. The van der Waals surface area contributed by atoms with Crippen molar-refractivity contribution in [1.29, 1.82) is 0 Å². The van der Waals surface area contributed by atoms with Gasteiger partial charge in [-0.15, -0.1) is 11.3 Å². The normalized spacial score (nSPS) is 11.6. The van der Waals surface area contributed by atoms with Crippen LogP contribution < -0.4 is 5.32 Å². The quantitative estimate of drug-likeness (QED) is 0.793. The fraction of sp³-hybridized carbons (Fsp3) is 0.571. The fourth-order valence-corrected chi connectivity index (χ4v) is 1.26. The first-order valence-electron chi connectivity index (χ1n) is 3.59. The van der Waals surface area contributed by atoms with Gasteiger partial charge in [0.25, 0.3) is 0 Å². The topological polar surface area (TPSA) is 24.9 Å². The van der Waals surface area contributed by atoms with Crippen molar-refractivity contribution in [3.05, 3.63) is 11.6 Å². The molecular weight excluding hydrogens is 182 g/mol. The van der Waals surface area contributed by atoms with Crippen molar-refractivity contribution in [1.82, 2.24) is 4.98 Å². The van der Waals surface area contributed by atoms with Crippen molar-refractivity contribution in [2.24, 2.45) is 0 Å². The summed E-state index contributed by atoms with van der Waals surface area (Å²) < 4.78 is 24.6. The van der Waals surface area contributed by atoms with E-state index in [-0.39, 0.29) is 13.0 Å². The molecule has 0 radical (unpaired) electrons. The summed E-state index contributed by atoms with van der Waals surface area (Å²) in [7, 11) is 0. The second-order valence-electron chi connectivity index (χ2n) is 2.58. The third-order valence-corrected chi connectivity index (χ3v) is 2.00. The molecule has 2 nitrogen and oxygen atoms in total. The SMILES string of the molecule is CC(F)(F)CCNc1nccs1. The molecule has 0 amide bonds. The van der Waals surface area contributed by atoms with E-state index in [9.17, 15) is 8.78 Å². The number of hydrogen-bond donors (Lipinski definition) is 1. The Morgan fingerprint density at radius 3 is 2.92 bits per heavy atom. The summed E-state index contributed by atoms with van der Waals surface area (Å²) in [6.45, 7) is 1.17. The highest BCUT2D eigenvalue weighted by Gasteiger charge is 2.19. The monoisotopic (exact) mass is 192 g/mol. The van der Waals surface area contributed by atoms with Gasteiger partial charge in [-0.3, -0.25) is 0 Å². The van der Waals surface area contributed by atoms with Crippen molar-refractivity contribution in [3.8, 4) is 0 Å². The number of aromatic nitrogens is 1. The van der Waals surface area contributed by atoms with Crippen LogP contribution in [0.1, 0.15) is 13.3 Å². The van der Waals surface area contributed by atoms with Crippen molar-refractivity contribution < 1.29 is 8.78 Å². The largest absolute Gasteiger partial charge is 0.361 e. The average molecular weight is 192 g/mol. The number of nitrogens with zero attached hydrogens (tertiary/aromatic N) is 1. The van der Waals surface area contributed by atoms with E-state index in [0.717, 1.165) is 6.92 Å². The summed E-state index contributed by atoms with van der Waals surface area (Å²) in [6.07, 6.45) is 1.48. The maximum atomic E-state index is 12.3. The molecule has 68 valence electrons. The van der Waals surface area contributed by atoms with Crippen molar-refractivity contribution in [3.63, 3.8) is 0 Å². The van der Waals surface area contributed by atoms with E-state index < -0.39 is 5.92 Å². The Balaban J connectivity index is 2.20. The first-order chi connectivity index (χ1) is 5.58. The number of rotatable bonds is 4. The van der Waals surface area contributed by atoms with Crippen molar-refractivity contribution >= 4 is 16.5 Å². The summed E-state index contributed by atoms with van der Waals surface area (Å²) >= 11 is 1.41. The number of thiazole rings is 1. The van der Waals surface area contributed by atoms with Gasteiger partial charge in [0.1, 0.15) is 0 Å². The molecule has 1 aromatic rings.